The molecule has 0 aromatic heterocycles. The maximum absolute atomic E-state index is 12.9. The minimum Gasteiger partial charge on any atom is -0.461 e. The zero-order valence-electron chi connectivity index (χ0n) is 22.2. The van der Waals surface area contributed by atoms with Crippen molar-refractivity contribution in [3.63, 3.8) is 0 Å². The standard InChI is InChI=1S/C25H37NO12/c1-24(2,3)37-22(32)26-15(20(30)34-12-16-17(27)18(28)19(29)21(31)36-16)11-13-7-9-14(10-8-13)35-23(33)38-25(4,5)6/h7-10,15-19,21,27-29,31H,11-12H2,1-6H3,(H,26,32)/t15-,16+,17+,18-,19+,21+/m1/s1. The monoisotopic (exact) mass is 543 g/mol. The fourth-order valence-corrected chi connectivity index (χ4v) is 3.27. The van der Waals surface area contributed by atoms with E-state index in [1.165, 1.54) is 12.1 Å². The summed E-state index contributed by atoms with van der Waals surface area (Å²) in [5, 5.41) is 41.6. The molecule has 1 aromatic carbocycles. The van der Waals surface area contributed by atoms with Gasteiger partial charge in [0.05, 0.1) is 0 Å². The molecule has 1 aliphatic heterocycles. The van der Waals surface area contributed by atoms with Crippen LogP contribution in [0.1, 0.15) is 47.1 Å². The van der Waals surface area contributed by atoms with Gasteiger partial charge >= 0.3 is 18.2 Å². The Kier molecular flexibility index (Phi) is 10.5. The smallest absolute Gasteiger partial charge is 0.461 e. The first-order valence-corrected chi connectivity index (χ1v) is 12.0. The van der Waals surface area contributed by atoms with Gasteiger partial charge < -0.3 is 49.4 Å². The molecule has 5 N–H and O–H groups in total. The third kappa shape index (κ3) is 10.1. The average Bonchev–Trinajstić information content (AvgIpc) is 2.77. The second-order valence-electron chi connectivity index (χ2n) is 10.8. The van der Waals surface area contributed by atoms with Gasteiger partial charge in [0.1, 0.15) is 54.0 Å². The molecule has 13 nitrogen and oxygen atoms in total. The van der Waals surface area contributed by atoms with Crippen LogP contribution >= 0.6 is 0 Å². The molecule has 1 heterocycles. The molecule has 1 aromatic rings. The molecule has 0 aliphatic carbocycles. The normalized spacial score (nSPS) is 24.6. The van der Waals surface area contributed by atoms with E-state index in [0.717, 1.165) is 0 Å². The van der Waals surface area contributed by atoms with Crippen molar-refractivity contribution in [1.82, 2.24) is 5.32 Å². The van der Waals surface area contributed by atoms with Crippen LogP contribution < -0.4 is 10.1 Å². The Hall–Kier alpha value is -2.97. The van der Waals surface area contributed by atoms with Gasteiger partial charge in [0, 0.05) is 6.42 Å². The van der Waals surface area contributed by atoms with Crippen molar-refractivity contribution in [2.24, 2.45) is 0 Å². The summed E-state index contributed by atoms with van der Waals surface area (Å²) in [7, 11) is 0. The number of rotatable bonds is 7. The van der Waals surface area contributed by atoms with Crippen molar-refractivity contribution in [1.29, 1.82) is 0 Å². The van der Waals surface area contributed by atoms with E-state index in [2.05, 4.69) is 5.32 Å². The van der Waals surface area contributed by atoms with E-state index in [1.807, 2.05) is 0 Å². The molecule has 6 atom stereocenters. The fraction of sp³-hybridized carbons (Fsp3) is 0.640. The van der Waals surface area contributed by atoms with E-state index >= 15 is 0 Å². The van der Waals surface area contributed by atoms with Crippen molar-refractivity contribution in [2.75, 3.05) is 6.61 Å². The van der Waals surface area contributed by atoms with E-state index < -0.39 is 72.8 Å². The first kappa shape index (κ1) is 31.2. The van der Waals surface area contributed by atoms with E-state index in [9.17, 15) is 34.8 Å². The van der Waals surface area contributed by atoms with Crippen molar-refractivity contribution in [3.05, 3.63) is 29.8 Å². The zero-order chi connectivity index (χ0) is 28.8. The van der Waals surface area contributed by atoms with Gasteiger partial charge in [-0.25, -0.2) is 14.4 Å². The van der Waals surface area contributed by atoms with Gasteiger partial charge in [0.25, 0.3) is 0 Å². The summed E-state index contributed by atoms with van der Waals surface area (Å²) < 4.78 is 25.6. The Morgan fingerprint density at radius 2 is 1.47 bits per heavy atom. The molecule has 214 valence electrons. The molecular weight excluding hydrogens is 506 g/mol. The maximum Gasteiger partial charge on any atom is 0.514 e. The summed E-state index contributed by atoms with van der Waals surface area (Å²) in [5.41, 5.74) is -1.01. The molecule has 0 bridgehead atoms. The molecule has 0 radical (unpaired) electrons. The number of ether oxygens (including phenoxy) is 5. The number of nitrogens with one attached hydrogen (secondary N) is 1. The number of aliphatic hydroxyl groups excluding tert-OH is 4. The van der Waals surface area contributed by atoms with Gasteiger partial charge in [-0.05, 0) is 59.2 Å². The zero-order valence-corrected chi connectivity index (χ0v) is 22.2. The summed E-state index contributed by atoms with van der Waals surface area (Å²) in [6.45, 7) is 9.45. The third-order valence-electron chi connectivity index (χ3n) is 5.01. The summed E-state index contributed by atoms with van der Waals surface area (Å²) in [6, 6.07) is 4.85. The predicted octanol–water partition coefficient (Wildman–Crippen LogP) is 0.779. The molecule has 0 saturated carbocycles. The van der Waals surface area contributed by atoms with Gasteiger partial charge in [-0.2, -0.15) is 0 Å². The van der Waals surface area contributed by atoms with Crippen molar-refractivity contribution < 1.29 is 58.5 Å². The summed E-state index contributed by atoms with van der Waals surface area (Å²) >= 11 is 0. The summed E-state index contributed by atoms with van der Waals surface area (Å²) in [4.78, 5) is 37.1. The highest BCUT2D eigenvalue weighted by Crippen LogP contribution is 2.21. The molecule has 0 spiro atoms. The number of alkyl carbamates (subject to hydrolysis) is 1. The SMILES string of the molecule is CC(C)(C)OC(=O)N[C@H](Cc1ccc(OC(=O)OC(C)(C)C)cc1)C(=O)OC[C@@H]1O[C@H](O)[C@@H](O)[C@H](O)[C@H]1O. The minimum absolute atomic E-state index is 0.0527. The molecule has 1 saturated heterocycles. The van der Waals surface area contributed by atoms with Crippen LogP contribution in [0.25, 0.3) is 0 Å². The Balaban J connectivity index is 2.08. The molecule has 0 unspecified atom stereocenters. The van der Waals surface area contributed by atoms with Gasteiger partial charge in [-0.3, -0.25) is 0 Å². The molecule has 1 aliphatic rings. The fourth-order valence-electron chi connectivity index (χ4n) is 3.27. The largest absolute Gasteiger partial charge is 0.514 e. The van der Waals surface area contributed by atoms with Crippen molar-refractivity contribution >= 4 is 18.2 Å². The lowest BCUT2D eigenvalue weighted by molar-refractivity contribution is -0.287. The van der Waals surface area contributed by atoms with Crippen LogP contribution in [0.2, 0.25) is 0 Å². The molecule has 13 heteroatoms. The lowest BCUT2D eigenvalue weighted by Gasteiger charge is -2.38. The Morgan fingerprint density at radius 3 is 2.03 bits per heavy atom. The highest BCUT2D eigenvalue weighted by molar-refractivity contribution is 5.81. The van der Waals surface area contributed by atoms with Crippen molar-refractivity contribution in [3.8, 4) is 5.75 Å². The minimum atomic E-state index is -1.80. The number of carbonyl (C=O) groups excluding carboxylic acids is 3. The van der Waals surface area contributed by atoms with Crippen LogP contribution in [0, 0.1) is 0 Å². The van der Waals surface area contributed by atoms with E-state index in [0.29, 0.717) is 5.56 Å². The topological polar surface area (TPSA) is 190 Å². The van der Waals surface area contributed by atoms with Crippen LogP contribution in [0.3, 0.4) is 0 Å². The second kappa shape index (κ2) is 12.7. The number of esters is 1. The highest BCUT2D eigenvalue weighted by atomic mass is 16.7. The average molecular weight is 544 g/mol. The number of amides is 1. The number of carbonyl (C=O) groups is 3. The number of aliphatic hydroxyl groups is 4. The van der Waals surface area contributed by atoms with Gasteiger partial charge in [-0.15, -0.1) is 0 Å². The van der Waals surface area contributed by atoms with Crippen LogP contribution in [0.4, 0.5) is 9.59 Å². The summed E-state index contributed by atoms with van der Waals surface area (Å²) in [5.74, 6) is -0.721. The molecule has 2 rings (SSSR count). The number of hydrogen-bond acceptors (Lipinski definition) is 12. The number of benzene rings is 1. The van der Waals surface area contributed by atoms with Crippen LogP contribution in [0.15, 0.2) is 24.3 Å². The van der Waals surface area contributed by atoms with Crippen molar-refractivity contribution in [2.45, 2.75) is 95.9 Å². The lowest BCUT2D eigenvalue weighted by atomic mass is 9.99. The second-order valence-corrected chi connectivity index (χ2v) is 10.8. The van der Waals surface area contributed by atoms with Crippen LogP contribution in [-0.4, -0.2) is 93.2 Å². The highest BCUT2D eigenvalue weighted by Gasteiger charge is 2.43. The van der Waals surface area contributed by atoms with Gasteiger partial charge in [-0.1, -0.05) is 12.1 Å². The summed E-state index contributed by atoms with van der Waals surface area (Å²) in [6.07, 6.45) is -10.0. The Labute approximate surface area is 220 Å². The first-order valence-electron chi connectivity index (χ1n) is 12.0. The maximum atomic E-state index is 12.9. The van der Waals surface area contributed by atoms with Gasteiger partial charge in [0.2, 0.25) is 0 Å². The molecule has 38 heavy (non-hydrogen) atoms. The predicted molar refractivity (Wildman–Crippen MR) is 130 cm³/mol. The third-order valence-corrected chi connectivity index (χ3v) is 5.01. The van der Waals surface area contributed by atoms with E-state index in [1.54, 1.807) is 53.7 Å². The molecular formula is C25H37NO12. The lowest BCUT2D eigenvalue weighted by Crippen LogP contribution is -2.59. The van der Waals surface area contributed by atoms with Gasteiger partial charge in [0.15, 0.2) is 6.29 Å². The first-order chi connectivity index (χ1) is 17.4. The van der Waals surface area contributed by atoms with E-state index in [-0.39, 0.29) is 12.2 Å². The van der Waals surface area contributed by atoms with E-state index in [4.69, 9.17) is 23.7 Å². The van der Waals surface area contributed by atoms with Crippen LogP contribution in [-0.2, 0) is 30.2 Å². The number of hydrogen-bond donors (Lipinski definition) is 5. The Bertz CT molecular complexity index is 953. The quantitative estimate of drug-likeness (QED) is 0.185. The molecule has 1 fully saturated rings. The molecule has 1 amide bonds. The Morgan fingerprint density at radius 1 is 0.895 bits per heavy atom. The van der Waals surface area contributed by atoms with Crippen LogP contribution in [0.5, 0.6) is 5.75 Å².